The van der Waals surface area contributed by atoms with Crippen LogP contribution in [0.4, 0.5) is 11.4 Å². The third kappa shape index (κ3) is 3.29. The standard InChI is InChI=1S/C13H15N3O2S/c1-3-11-7-15-13(19-11)8-14-10-5-4-9(2)12(6-10)16(17)18/h4-7,14H,3,8H2,1-2H3. The highest BCUT2D eigenvalue weighted by Crippen LogP contribution is 2.23. The zero-order valence-electron chi connectivity index (χ0n) is 10.8. The lowest BCUT2D eigenvalue weighted by atomic mass is 10.2. The zero-order valence-corrected chi connectivity index (χ0v) is 11.7. The van der Waals surface area contributed by atoms with Gasteiger partial charge in [0, 0.05) is 28.4 Å². The molecule has 0 spiro atoms. The fourth-order valence-electron chi connectivity index (χ4n) is 1.69. The van der Waals surface area contributed by atoms with Crippen LogP contribution in [-0.2, 0) is 13.0 Å². The molecule has 2 rings (SSSR count). The molecule has 0 aliphatic heterocycles. The molecule has 100 valence electrons. The first kappa shape index (κ1) is 13.5. The minimum Gasteiger partial charge on any atom is -0.378 e. The third-order valence-electron chi connectivity index (χ3n) is 2.80. The fourth-order valence-corrected chi connectivity index (χ4v) is 2.49. The molecule has 6 heteroatoms. The Morgan fingerprint density at radius 1 is 1.47 bits per heavy atom. The van der Waals surface area contributed by atoms with E-state index in [9.17, 15) is 10.1 Å². The van der Waals surface area contributed by atoms with Crippen LogP contribution in [-0.4, -0.2) is 9.91 Å². The number of nitro benzene ring substituents is 1. The highest BCUT2D eigenvalue weighted by Gasteiger charge is 2.11. The minimum atomic E-state index is -0.362. The van der Waals surface area contributed by atoms with Crippen LogP contribution in [0.5, 0.6) is 0 Å². The normalized spacial score (nSPS) is 10.4. The summed E-state index contributed by atoms with van der Waals surface area (Å²) < 4.78 is 0. The van der Waals surface area contributed by atoms with E-state index in [1.807, 2.05) is 12.3 Å². The second-order valence-corrected chi connectivity index (χ2v) is 5.39. The monoisotopic (exact) mass is 277 g/mol. The number of rotatable bonds is 5. The van der Waals surface area contributed by atoms with E-state index in [0.29, 0.717) is 12.1 Å². The van der Waals surface area contributed by atoms with Crippen LogP contribution in [0, 0.1) is 17.0 Å². The summed E-state index contributed by atoms with van der Waals surface area (Å²) >= 11 is 1.66. The number of nitrogens with one attached hydrogen (secondary N) is 1. The van der Waals surface area contributed by atoms with Crippen LogP contribution >= 0.6 is 11.3 Å². The number of anilines is 1. The van der Waals surface area contributed by atoms with E-state index in [2.05, 4.69) is 17.2 Å². The molecule has 19 heavy (non-hydrogen) atoms. The Balaban J connectivity index is 2.07. The highest BCUT2D eigenvalue weighted by molar-refractivity contribution is 7.11. The number of nitrogens with zero attached hydrogens (tertiary/aromatic N) is 2. The van der Waals surface area contributed by atoms with Crippen LogP contribution in [0.3, 0.4) is 0 Å². The lowest BCUT2D eigenvalue weighted by Crippen LogP contribution is -2.00. The molecule has 0 radical (unpaired) electrons. The van der Waals surface area contributed by atoms with Gasteiger partial charge in [0.2, 0.25) is 0 Å². The molecule has 0 aliphatic carbocycles. The second kappa shape index (κ2) is 5.79. The van der Waals surface area contributed by atoms with Crippen molar-refractivity contribution in [3.05, 3.63) is 50.0 Å². The summed E-state index contributed by atoms with van der Waals surface area (Å²) in [5.41, 5.74) is 1.54. The van der Waals surface area contributed by atoms with Gasteiger partial charge in [-0.15, -0.1) is 11.3 Å². The average molecular weight is 277 g/mol. The molecule has 0 saturated carbocycles. The van der Waals surface area contributed by atoms with Crippen molar-refractivity contribution in [1.29, 1.82) is 0 Å². The number of hydrogen-bond donors (Lipinski definition) is 1. The first-order valence-corrected chi connectivity index (χ1v) is 6.84. The number of aryl methyl sites for hydroxylation is 2. The maximum atomic E-state index is 10.9. The fraction of sp³-hybridized carbons (Fsp3) is 0.308. The Morgan fingerprint density at radius 3 is 2.89 bits per heavy atom. The average Bonchev–Trinajstić information content (AvgIpc) is 2.85. The molecule has 1 aromatic heterocycles. The van der Waals surface area contributed by atoms with E-state index in [0.717, 1.165) is 17.1 Å². The molecule has 1 aromatic carbocycles. The summed E-state index contributed by atoms with van der Waals surface area (Å²) in [6.07, 6.45) is 2.85. The smallest absolute Gasteiger partial charge is 0.274 e. The van der Waals surface area contributed by atoms with Crippen molar-refractivity contribution in [2.75, 3.05) is 5.32 Å². The summed E-state index contributed by atoms with van der Waals surface area (Å²) in [4.78, 5) is 16.0. The number of benzene rings is 1. The van der Waals surface area contributed by atoms with Gasteiger partial charge >= 0.3 is 0 Å². The van der Waals surface area contributed by atoms with Crippen LogP contribution in [0.1, 0.15) is 22.4 Å². The minimum absolute atomic E-state index is 0.137. The second-order valence-electron chi connectivity index (χ2n) is 4.19. The van der Waals surface area contributed by atoms with Gasteiger partial charge in [-0.25, -0.2) is 4.98 Å². The van der Waals surface area contributed by atoms with Gasteiger partial charge in [-0.05, 0) is 19.4 Å². The Labute approximate surface area is 115 Å². The molecule has 0 aliphatic rings. The Morgan fingerprint density at radius 2 is 2.26 bits per heavy atom. The van der Waals surface area contributed by atoms with Crippen molar-refractivity contribution in [2.24, 2.45) is 0 Å². The van der Waals surface area contributed by atoms with E-state index >= 15 is 0 Å². The van der Waals surface area contributed by atoms with Crippen molar-refractivity contribution < 1.29 is 4.92 Å². The lowest BCUT2D eigenvalue weighted by molar-refractivity contribution is -0.385. The van der Waals surface area contributed by atoms with Gasteiger partial charge in [0.1, 0.15) is 5.01 Å². The lowest BCUT2D eigenvalue weighted by Gasteiger charge is -2.05. The number of aromatic nitrogens is 1. The van der Waals surface area contributed by atoms with Gasteiger partial charge in [0.15, 0.2) is 0 Å². The summed E-state index contributed by atoms with van der Waals surface area (Å²) in [6.45, 7) is 4.41. The van der Waals surface area contributed by atoms with Gasteiger partial charge in [0.05, 0.1) is 11.5 Å². The van der Waals surface area contributed by atoms with Crippen LogP contribution < -0.4 is 5.32 Å². The summed E-state index contributed by atoms with van der Waals surface area (Å²) in [5.74, 6) is 0. The van der Waals surface area contributed by atoms with Crippen molar-refractivity contribution >= 4 is 22.7 Å². The van der Waals surface area contributed by atoms with E-state index in [1.165, 1.54) is 4.88 Å². The summed E-state index contributed by atoms with van der Waals surface area (Å²) in [7, 11) is 0. The summed E-state index contributed by atoms with van der Waals surface area (Å²) in [6, 6.07) is 5.15. The Hall–Kier alpha value is -1.95. The molecule has 1 N–H and O–H groups in total. The van der Waals surface area contributed by atoms with E-state index in [1.54, 1.807) is 30.4 Å². The Bertz CT molecular complexity index is 595. The topological polar surface area (TPSA) is 68.1 Å². The molecule has 0 saturated heterocycles. The number of nitro groups is 1. The quantitative estimate of drug-likeness (QED) is 0.670. The van der Waals surface area contributed by atoms with Crippen molar-refractivity contribution in [3.8, 4) is 0 Å². The largest absolute Gasteiger partial charge is 0.378 e. The molecule has 1 heterocycles. The zero-order chi connectivity index (χ0) is 13.8. The van der Waals surface area contributed by atoms with E-state index < -0.39 is 0 Å². The number of hydrogen-bond acceptors (Lipinski definition) is 5. The number of thiazole rings is 1. The summed E-state index contributed by atoms with van der Waals surface area (Å²) in [5, 5.41) is 15.0. The van der Waals surface area contributed by atoms with Crippen molar-refractivity contribution in [2.45, 2.75) is 26.8 Å². The highest BCUT2D eigenvalue weighted by atomic mass is 32.1. The molecule has 0 amide bonds. The predicted octanol–water partition coefficient (Wildman–Crippen LogP) is 3.53. The molecular weight excluding hydrogens is 262 g/mol. The van der Waals surface area contributed by atoms with E-state index in [4.69, 9.17) is 0 Å². The van der Waals surface area contributed by atoms with E-state index in [-0.39, 0.29) is 10.6 Å². The van der Waals surface area contributed by atoms with Crippen LogP contribution in [0.2, 0.25) is 0 Å². The first-order valence-electron chi connectivity index (χ1n) is 6.02. The molecule has 2 aromatic rings. The third-order valence-corrected chi connectivity index (χ3v) is 3.94. The Kier molecular flexibility index (Phi) is 4.11. The van der Waals surface area contributed by atoms with Gasteiger partial charge in [-0.2, -0.15) is 0 Å². The maximum absolute atomic E-state index is 10.9. The van der Waals surface area contributed by atoms with Crippen LogP contribution in [0.15, 0.2) is 24.4 Å². The van der Waals surface area contributed by atoms with Crippen molar-refractivity contribution in [3.63, 3.8) is 0 Å². The molecule has 0 bridgehead atoms. The van der Waals surface area contributed by atoms with Gasteiger partial charge in [-0.1, -0.05) is 13.0 Å². The molecular formula is C13H15N3O2S. The van der Waals surface area contributed by atoms with Crippen molar-refractivity contribution in [1.82, 2.24) is 4.98 Å². The van der Waals surface area contributed by atoms with Gasteiger partial charge < -0.3 is 5.32 Å². The molecule has 5 nitrogen and oxygen atoms in total. The van der Waals surface area contributed by atoms with Gasteiger partial charge in [-0.3, -0.25) is 10.1 Å². The molecule has 0 unspecified atom stereocenters. The molecule has 0 fully saturated rings. The predicted molar refractivity (Wildman–Crippen MR) is 76.7 cm³/mol. The SMILES string of the molecule is CCc1cnc(CNc2ccc(C)c([N+](=O)[O-])c2)s1. The molecule has 0 atom stereocenters. The maximum Gasteiger partial charge on any atom is 0.274 e. The van der Waals surface area contributed by atoms with Gasteiger partial charge in [0.25, 0.3) is 5.69 Å². The first-order chi connectivity index (χ1) is 9.10. The van der Waals surface area contributed by atoms with Crippen LogP contribution in [0.25, 0.3) is 0 Å².